The number of benzene rings is 2. The lowest BCUT2D eigenvalue weighted by Gasteiger charge is -2.18. The minimum atomic E-state index is 1.07. The molecule has 3 rings (SSSR count). The Balaban J connectivity index is 2.11. The highest BCUT2D eigenvalue weighted by atomic mass is 14.2. The highest BCUT2D eigenvalue weighted by Gasteiger charge is 2.12. The summed E-state index contributed by atoms with van der Waals surface area (Å²) in [4.78, 5) is 0. The zero-order valence-electron chi connectivity index (χ0n) is 11.9. The van der Waals surface area contributed by atoms with Crippen LogP contribution in [-0.2, 0) is 25.7 Å². The maximum absolute atomic E-state index is 4.01. The van der Waals surface area contributed by atoms with Gasteiger partial charge in [0.15, 0.2) is 0 Å². The molecule has 2 aromatic carbocycles. The van der Waals surface area contributed by atoms with Crippen LogP contribution < -0.4 is 0 Å². The fraction of sp³-hybridized carbons (Fsp3) is 0.200. The van der Waals surface area contributed by atoms with Gasteiger partial charge in [-0.15, -0.1) is 0 Å². The van der Waals surface area contributed by atoms with Crippen molar-refractivity contribution in [3.63, 3.8) is 0 Å². The third kappa shape index (κ3) is 2.22. The van der Waals surface area contributed by atoms with Crippen molar-refractivity contribution < 1.29 is 0 Å². The van der Waals surface area contributed by atoms with Crippen molar-refractivity contribution in [3.05, 3.63) is 82.9 Å². The second-order valence-electron chi connectivity index (χ2n) is 5.39. The summed E-state index contributed by atoms with van der Waals surface area (Å²) < 4.78 is 0. The third-order valence-electron chi connectivity index (χ3n) is 4.31. The van der Waals surface area contributed by atoms with Gasteiger partial charge in [0.05, 0.1) is 0 Å². The summed E-state index contributed by atoms with van der Waals surface area (Å²) >= 11 is 0. The summed E-state index contributed by atoms with van der Waals surface area (Å²) in [5, 5.41) is 0. The SMILES string of the molecule is C=Cc1c2cccc1CCc1cccc(c1C=C)CC2. The molecule has 0 unspecified atom stereocenters. The first-order valence-electron chi connectivity index (χ1n) is 7.30. The van der Waals surface area contributed by atoms with Crippen molar-refractivity contribution >= 4 is 12.2 Å². The summed E-state index contributed by atoms with van der Waals surface area (Å²) in [6.45, 7) is 8.01. The van der Waals surface area contributed by atoms with Gasteiger partial charge in [0, 0.05) is 0 Å². The van der Waals surface area contributed by atoms with E-state index in [0.717, 1.165) is 25.7 Å². The number of hydrogen-bond acceptors (Lipinski definition) is 0. The lowest BCUT2D eigenvalue weighted by molar-refractivity contribution is 0.896. The van der Waals surface area contributed by atoms with E-state index in [1.807, 2.05) is 12.2 Å². The standard InChI is InChI=1S/C20H20/c1-3-19-15-7-5-8-16(19)12-14-18-10-6-9-17(13-11-15)20(18)4-2/h3-10H,1-2,11-14H2. The Morgan fingerprint density at radius 3 is 1.15 bits per heavy atom. The van der Waals surface area contributed by atoms with Gasteiger partial charge in [-0.05, 0) is 59.1 Å². The van der Waals surface area contributed by atoms with E-state index in [2.05, 4.69) is 49.6 Å². The van der Waals surface area contributed by atoms with Crippen molar-refractivity contribution in [2.24, 2.45) is 0 Å². The van der Waals surface area contributed by atoms with E-state index in [1.165, 1.54) is 33.4 Å². The summed E-state index contributed by atoms with van der Waals surface area (Å²) in [5.74, 6) is 0. The molecular weight excluding hydrogens is 240 g/mol. The maximum atomic E-state index is 4.01. The number of fused-ring (bicyclic) bond motifs is 4. The normalized spacial score (nSPS) is 13.6. The van der Waals surface area contributed by atoms with Gasteiger partial charge in [0.25, 0.3) is 0 Å². The summed E-state index contributed by atoms with van der Waals surface area (Å²) in [7, 11) is 0. The number of rotatable bonds is 2. The van der Waals surface area contributed by atoms with Crippen LogP contribution in [-0.4, -0.2) is 0 Å². The zero-order chi connectivity index (χ0) is 13.9. The van der Waals surface area contributed by atoms with Crippen LogP contribution in [0.4, 0.5) is 0 Å². The first-order chi connectivity index (χ1) is 9.83. The van der Waals surface area contributed by atoms with Crippen molar-refractivity contribution in [1.29, 1.82) is 0 Å². The van der Waals surface area contributed by atoms with E-state index in [1.54, 1.807) is 0 Å². The second-order valence-corrected chi connectivity index (χ2v) is 5.39. The molecule has 0 spiro atoms. The summed E-state index contributed by atoms with van der Waals surface area (Å²) in [6, 6.07) is 13.3. The molecule has 1 aliphatic carbocycles. The first kappa shape index (κ1) is 12.9. The predicted octanol–water partition coefficient (Wildman–Crippen LogP) is 4.86. The molecular formula is C20H20. The van der Waals surface area contributed by atoms with Gasteiger partial charge in [-0.25, -0.2) is 0 Å². The average molecular weight is 260 g/mol. The molecule has 2 aromatic rings. The van der Waals surface area contributed by atoms with Gasteiger partial charge in [-0.1, -0.05) is 61.7 Å². The van der Waals surface area contributed by atoms with Gasteiger partial charge in [-0.3, -0.25) is 0 Å². The minimum Gasteiger partial charge on any atom is -0.0984 e. The molecule has 0 saturated carbocycles. The molecule has 0 heteroatoms. The molecule has 0 aromatic heterocycles. The molecule has 0 amide bonds. The molecule has 0 aliphatic heterocycles. The molecule has 0 heterocycles. The predicted molar refractivity (Wildman–Crippen MR) is 87.9 cm³/mol. The molecule has 100 valence electrons. The average Bonchev–Trinajstić information content (AvgIpc) is 2.49. The molecule has 0 saturated heterocycles. The van der Waals surface area contributed by atoms with E-state index in [9.17, 15) is 0 Å². The topological polar surface area (TPSA) is 0 Å². The quantitative estimate of drug-likeness (QED) is 0.723. The molecule has 20 heavy (non-hydrogen) atoms. The van der Waals surface area contributed by atoms with Crippen LogP contribution in [0.5, 0.6) is 0 Å². The van der Waals surface area contributed by atoms with E-state index in [0.29, 0.717) is 0 Å². The van der Waals surface area contributed by atoms with Gasteiger partial charge >= 0.3 is 0 Å². The van der Waals surface area contributed by atoms with E-state index in [-0.39, 0.29) is 0 Å². The Morgan fingerprint density at radius 1 is 0.600 bits per heavy atom. The van der Waals surface area contributed by atoms with Crippen LogP contribution in [0, 0.1) is 0 Å². The van der Waals surface area contributed by atoms with Gasteiger partial charge in [-0.2, -0.15) is 0 Å². The Kier molecular flexibility index (Phi) is 3.56. The fourth-order valence-corrected chi connectivity index (χ4v) is 3.27. The van der Waals surface area contributed by atoms with Crippen LogP contribution in [0.15, 0.2) is 49.6 Å². The Labute approximate surface area is 121 Å². The number of aryl methyl sites for hydroxylation is 4. The Bertz CT molecular complexity index is 558. The van der Waals surface area contributed by atoms with Crippen LogP contribution in [0.3, 0.4) is 0 Å². The highest BCUT2D eigenvalue weighted by molar-refractivity contribution is 5.60. The van der Waals surface area contributed by atoms with Gasteiger partial charge < -0.3 is 0 Å². The van der Waals surface area contributed by atoms with Crippen LogP contribution in [0.25, 0.3) is 12.2 Å². The van der Waals surface area contributed by atoms with E-state index in [4.69, 9.17) is 0 Å². The van der Waals surface area contributed by atoms with Crippen LogP contribution in [0.2, 0.25) is 0 Å². The summed E-state index contributed by atoms with van der Waals surface area (Å²) in [5.41, 5.74) is 8.36. The van der Waals surface area contributed by atoms with Crippen LogP contribution >= 0.6 is 0 Å². The highest BCUT2D eigenvalue weighted by Crippen LogP contribution is 2.26. The molecule has 0 radical (unpaired) electrons. The largest absolute Gasteiger partial charge is 0.0984 e. The van der Waals surface area contributed by atoms with E-state index < -0.39 is 0 Å². The molecule has 1 aliphatic rings. The van der Waals surface area contributed by atoms with Crippen molar-refractivity contribution in [3.8, 4) is 0 Å². The Morgan fingerprint density at radius 2 is 0.900 bits per heavy atom. The van der Waals surface area contributed by atoms with Gasteiger partial charge in [0.1, 0.15) is 0 Å². The molecule has 4 bridgehead atoms. The van der Waals surface area contributed by atoms with Crippen molar-refractivity contribution in [1.82, 2.24) is 0 Å². The molecule has 0 atom stereocenters. The lowest BCUT2D eigenvalue weighted by Crippen LogP contribution is -2.05. The number of hydrogen-bond donors (Lipinski definition) is 0. The van der Waals surface area contributed by atoms with Crippen molar-refractivity contribution in [2.45, 2.75) is 25.7 Å². The Hall–Kier alpha value is -2.08. The molecule has 0 nitrogen and oxygen atoms in total. The smallest absolute Gasteiger partial charge is 0.0198 e. The fourth-order valence-electron chi connectivity index (χ4n) is 3.27. The zero-order valence-corrected chi connectivity index (χ0v) is 11.9. The molecule has 0 N–H and O–H groups in total. The lowest BCUT2D eigenvalue weighted by atomic mass is 9.87. The second kappa shape index (κ2) is 5.50. The molecule has 0 fully saturated rings. The van der Waals surface area contributed by atoms with E-state index >= 15 is 0 Å². The van der Waals surface area contributed by atoms with Crippen molar-refractivity contribution in [2.75, 3.05) is 0 Å². The monoisotopic (exact) mass is 260 g/mol. The third-order valence-corrected chi connectivity index (χ3v) is 4.31. The van der Waals surface area contributed by atoms with Crippen LogP contribution in [0.1, 0.15) is 33.4 Å². The minimum absolute atomic E-state index is 1.07. The first-order valence-corrected chi connectivity index (χ1v) is 7.30. The van der Waals surface area contributed by atoms with Gasteiger partial charge in [0.2, 0.25) is 0 Å². The summed E-state index contributed by atoms with van der Waals surface area (Å²) in [6.07, 6.45) is 8.32. The maximum Gasteiger partial charge on any atom is -0.0198 e.